The molecule has 0 N–H and O–H groups in total. The standard InChI is InChI=1S/C49H28N4S/c1-50-45-44-36-22-8-15-29-43(36)54-49(44)48(53-41-27-13-6-20-34(41)35-21-7-14-28-42(35)53)47(52-39-25-11-4-18-32(39)33-19-5-12-26-40(33)52)46(45)51-37-23-9-2-16-30(37)31-17-3-10-24-38(31)51/h2-29H. The van der Waals surface area contributed by atoms with Crippen LogP contribution >= 0.6 is 11.3 Å². The molecule has 0 saturated heterocycles. The Labute approximate surface area is 313 Å². The highest BCUT2D eigenvalue weighted by atomic mass is 32.1. The maximum absolute atomic E-state index is 9.15. The van der Waals surface area contributed by atoms with Crippen LogP contribution in [0.25, 0.3) is 107 Å². The first-order valence-corrected chi connectivity index (χ1v) is 19.0. The Balaban J connectivity index is 1.46. The number of benzene rings is 8. The Kier molecular flexibility index (Phi) is 5.97. The molecule has 0 bridgehead atoms. The van der Waals surface area contributed by atoms with Crippen molar-refractivity contribution >= 4 is 103 Å². The molecule has 4 heterocycles. The van der Waals surface area contributed by atoms with Crippen LogP contribution < -0.4 is 0 Å². The fraction of sp³-hybridized carbons (Fsp3) is 0. The van der Waals surface area contributed by atoms with E-state index in [-0.39, 0.29) is 0 Å². The van der Waals surface area contributed by atoms with Gasteiger partial charge in [-0.15, -0.1) is 11.3 Å². The molecule has 8 aromatic carbocycles. The molecule has 0 atom stereocenters. The Bertz CT molecular complexity index is 3420. The van der Waals surface area contributed by atoms with Gasteiger partial charge in [0.15, 0.2) is 0 Å². The summed E-state index contributed by atoms with van der Waals surface area (Å²) in [7, 11) is 0. The number of hydrogen-bond donors (Lipinski definition) is 0. The maximum atomic E-state index is 9.15. The summed E-state index contributed by atoms with van der Waals surface area (Å²) in [6.07, 6.45) is 0. The molecule has 0 saturated carbocycles. The molecule has 5 heteroatoms. The lowest BCUT2D eigenvalue weighted by atomic mass is 10.0. The van der Waals surface area contributed by atoms with E-state index >= 15 is 0 Å². The molecular weight excluding hydrogens is 677 g/mol. The molecule has 12 aromatic rings. The molecule has 4 nitrogen and oxygen atoms in total. The summed E-state index contributed by atoms with van der Waals surface area (Å²) in [4.78, 5) is 4.58. The summed E-state index contributed by atoms with van der Waals surface area (Å²) in [5, 5.41) is 9.15. The number of para-hydroxylation sites is 6. The summed E-state index contributed by atoms with van der Waals surface area (Å²) in [5.41, 5.74) is 10.2. The van der Waals surface area contributed by atoms with E-state index in [9.17, 15) is 0 Å². The first kappa shape index (κ1) is 29.4. The summed E-state index contributed by atoms with van der Waals surface area (Å²) in [6.45, 7) is 9.15. The Hall–Kier alpha value is -7.13. The highest BCUT2D eigenvalue weighted by Gasteiger charge is 2.31. The summed E-state index contributed by atoms with van der Waals surface area (Å²) >= 11 is 1.78. The first-order valence-electron chi connectivity index (χ1n) is 18.2. The predicted molar refractivity (Wildman–Crippen MR) is 229 cm³/mol. The van der Waals surface area contributed by atoms with Gasteiger partial charge in [0.05, 0.1) is 61.4 Å². The molecule has 12 rings (SSSR count). The molecule has 0 aliphatic heterocycles. The SMILES string of the molecule is [C-]#[N+]c1c(-n2c3ccccc3c3ccccc32)c(-n2c3ccccc3c3ccccc32)c(-n2c3ccccc3c3ccccc32)c2sc3ccccc3c12. The van der Waals surface area contributed by atoms with E-state index in [1.807, 2.05) is 0 Å². The smallest absolute Gasteiger partial charge is 0.221 e. The molecule has 250 valence electrons. The number of rotatable bonds is 3. The maximum Gasteiger partial charge on any atom is 0.221 e. The van der Waals surface area contributed by atoms with Crippen LogP contribution in [-0.4, -0.2) is 13.7 Å². The minimum absolute atomic E-state index is 0.648. The normalized spacial score (nSPS) is 12.1. The molecule has 0 spiro atoms. The fourth-order valence-corrected chi connectivity index (χ4v) is 10.4. The van der Waals surface area contributed by atoms with E-state index in [0.29, 0.717) is 5.69 Å². The van der Waals surface area contributed by atoms with Crippen LogP contribution in [0.5, 0.6) is 0 Å². The zero-order valence-electron chi connectivity index (χ0n) is 28.9. The van der Waals surface area contributed by atoms with Crippen LogP contribution in [0, 0.1) is 6.57 Å². The summed E-state index contributed by atoms with van der Waals surface area (Å²) in [6, 6.07) is 60.8. The third-order valence-corrected chi connectivity index (χ3v) is 12.4. The summed E-state index contributed by atoms with van der Waals surface area (Å²) in [5.74, 6) is 0. The largest absolute Gasteiger partial charge is 0.317 e. The van der Waals surface area contributed by atoms with Gasteiger partial charge in [0.1, 0.15) is 0 Å². The van der Waals surface area contributed by atoms with Crippen molar-refractivity contribution < 1.29 is 0 Å². The van der Waals surface area contributed by atoms with Gasteiger partial charge in [0.2, 0.25) is 5.69 Å². The van der Waals surface area contributed by atoms with Gasteiger partial charge in [-0.05, 0) is 47.9 Å². The van der Waals surface area contributed by atoms with Gasteiger partial charge in [-0.3, -0.25) is 0 Å². The van der Waals surface area contributed by atoms with Crippen molar-refractivity contribution in [1.29, 1.82) is 0 Å². The number of fused-ring (bicyclic) bond motifs is 12. The van der Waals surface area contributed by atoms with Crippen molar-refractivity contribution in [1.82, 2.24) is 13.7 Å². The molecule has 0 aliphatic carbocycles. The summed E-state index contributed by atoms with van der Waals surface area (Å²) < 4.78 is 9.55. The quantitative estimate of drug-likeness (QED) is 0.163. The van der Waals surface area contributed by atoms with E-state index < -0.39 is 0 Å². The Morgan fingerprint density at radius 3 is 1.06 bits per heavy atom. The topological polar surface area (TPSA) is 19.1 Å². The van der Waals surface area contributed by atoms with Crippen LogP contribution in [0.4, 0.5) is 5.69 Å². The zero-order chi connectivity index (χ0) is 35.5. The van der Waals surface area contributed by atoms with Crippen LogP contribution in [-0.2, 0) is 0 Å². The third-order valence-electron chi connectivity index (χ3n) is 11.2. The Morgan fingerprint density at radius 2 is 0.667 bits per heavy atom. The molecule has 0 fully saturated rings. The number of aromatic nitrogens is 3. The molecular formula is C49H28N4S. The van der Waals surface area contributed by atoms with Crippen LogP contribution in [0.2, 0.25) is 0 Å². The van der Waals surface area contributed by atoms with E-state index in [2.05, 4.69) is 188 Å². The van der Waals surface area contributed by atoms with E-state index in [4.69, 9.17) is 6.57 Å². The minimum atomic E-state index is 0.648. The van der Waals surface area contributed by atoms with Crippen molar-refractivity contribution in [2.45, 2.75) is 0 Å². The molecule has 0 amide bonds. The highest BCUT2D eigenvalue weighted by Crippen LogP contribution is 2.53. The van der Waals surface area contributed by atoms with Crippen LogP contribution in [0.15, 0.2) is 170 Å². The van der Waals surface area contributed by atoms with Crippen molar-refractivity contribution in [2.75, 3.05) is 0 Å². The fourth-order valence-electron chi connectivity index (χ4n) is 9.13. The molecule has 0 radical (unpaired) electrons. The van der Waals surface area contributed by atoms with Crippen molar-refractivity contribution in [3.05, 3.63) is 181 Å². The lowest BCUT2D eigenvalue weighted by Crippen LogP contribution is -2.10. The third kappa shape index (κ3) is 3.74. The predicted octanol–water partition coefficient (Wildman–Crippen LogP) is 13.9. The number of hydrogen-bond acceptors (Lipinski definition) is 1. The molecule has 0 aliphatic rings. The van der Waals surface area contributed by atoms with Crippen molar-refractivity contribution in [2.24, 2.45) is 0 Å². The van der Waals surface area contributed by atoms with Gasteiger partial charge in [0, 0.05) is 42.4 Å². The van der Waals surface area contributed by atoms with E-state index in [1.54, 1.807) is 11.3 Å². The lowest BCUT2D eigenvalue weighted by Gasteiger charge is -2.24. The zero-order valence-corrected chi connectivity index (χ0v) is 29.7. The molecule has 54 heavy (non-hydrogen) atoms. The Morgan fingerprint density at radius 1 is 0.352 bits per heavy atom. The minimum Gasteiger partial charge on any atom is -0.317 e. The number of thiophene rings is 1. The van der Waals surface area contributed by atoms with Crippen molar-refractivity contribution in [3.63, 3.8) is 0 Å². The molecule has 0 unspecified atom stereocenters. The van der Waals surface area contributed by atoms with E-state index in [1.165, 1.54) is 21.5 Å². The van der Waals surface area contributed by atoms with Gasteiger partial charge >= 0.3 is 0 Å². The second-order valence-corrected chi connectivity index (χ2v) is 15.0. The van der Waals surface area contributed by atoms with E-state index in [0.717, 1.165) is 81.1 Å². The van der Waals surface area contributed by atoms with Gasteiger partial charge in [-0.2, -0.15) is 0 Å². The molecule has 4 aromatic heterocycles. The lowest BCUT2D eigenvalue weighted by molar-refractivity contribution is 1.07. The second-order valence-electron chi connectivity index (χ2n) is 13.9. The van der Waals surface area contributed by atoms with Crippen LogP contribution in [0.1, 0.15) is 0 Å². The highest BCUT2D eigenvalue weighted by molar-refractivity contribution is 7.26. The number of nitrogens with zero attached hydrogens (tertiary/aromatic N) is 4. The van der Waals surface area contributed by atoms with Gasteiger partial charge in [-0.1, -0.05) is 127 Å². The van der Waals surface area contributed by atoms with Crippen molar-refractivity contribution in [3.8, 4) is 17.1 Å². The average Bonchev–Trinajstić information content (AvgIpc) is 3.97. The first-order chi connectivity index (χ1) is 26.8. The van der Waals surface area contributed by atoms with Gasteiger partial charge in [-0.25, -0.2) is 4.85 Å². The van der Waals surface area contributed by atoms with Crippen LogP contribution in [0.3, 0.4) is 0 Å². The second kappa shape index (κ2) is 10.9. The van der Waals surface area contributed by atoms with Gasteiger partial charge < -0.3 is 13.7 Å². The average molecular weight is 705 g/mol. The van der Waals surface area contributed by atoms with Gasteiger partial charge in [0.25, 0.3) is 0 Å². The monoisotopic (exact) mass is 704 g/mol.